The highest BCUT2D eigenvalue weighted by molar-refractivity contribution is 14.0. The van der Waals surface area contributed by atoms with Crippen LogP contribution in [0.1, 0.15) is 28.5 Å². The maximum Gasteiger partial charge on any atom is 0.192 e. The quantitative estimate of drug-likeness (QED) is 0.234. The number of aliphatic imine (C=N–C) groups is 1. The fourth-order valence-corrected chi connectivity index (χ4v) is 3.84. The van der Waals surface area contributed by atoms with Crippen molar-refractivity contribution in [3.8, 4) is 0 Å². The maximum absolute atomic E-state index is 5.41. The molecule has 0 unspecified atom stereocenters. The molecule has 0 saturated carbocycles. The first-order valence-corrected chi connectivity index (χ1v) is 10.7. The molecule has 1 saturated heterocycles. The molecule has 3 heterocycles. The third-order valence-corrected chi connectivity index (χ3v) is 6.02. The van der Waals surface area contributed by atoms with Gasteiger partial charge in [-0.05, 0) is 43.8 Å². The van der Waals surface area contributed by atoms with Gasteiger partial charge in [0.05, 0.1) is 19.8 Å². The molecule has 162 valence electrons. The van der Waals surface area contributed by atoms with Crippen molar-refractivity contribution in [2.24, 2.45) is 12.0 Å². The summed E-state index contributed by atoms with van der Waals surface area (Å²) in [7, 11) is 1.97. The van der Waals surface area contributed by atoms with Crippen molar-refractivity contribution in [1.82, 2.24) is 30.3 Å². The summed E-state index contributed by atoms with van der Waals surface area (Å²) in [6.07, 6.45) is 1.07. The molecule has 2 aromatic rings. The molecule has 2 aromatic heterocycles. The molecule has 10 heteroatoms. The average Bonchev–Trinajstić information content (AvgIpc) is 3.27. The Morgan fingerprint density at radius 1 is 1.24 bits per heavy atom. The van der Waals surface area contributed by atoms with Crippen LogP contribution in [-0.4, -0.2) is 65.0 Å². The summed E-state index contributed by atoms with van der Waals surface area (Å²) in [4.78, 5) is 8.51. The van der Waals surface area contributed by atoms with Gasteiger partial charge < -0.3 is 19.9 Å². The first-order valence-electron chi connectivity index (χ1n) is 9.83. The molecule has 2 N–H and O–H groups in total. The summed E-state index contributed by atoms with van der Waals surface area (Å²) in [5, 5.41) is 17.4. The summed E-state index contributed by atoms with van der Waals surface area (Å²) in [6, 6.07) is 2.15. The Balaban J connectivity index is 0.00000300. The largest absolute Gasteiger partial charge is 0.379 e. The molecule has 29 heavy (non-hydrogen) atoms. The summed E-state index contributed by atoms with van der Waals surface area (Å²) in [6.45, 7) is 11.1. The predicted molar refractivity (Wildman–Crippen MR) is 128 cm³/mol. The summed E-state index contributed by atoms with van der Waals surface area (Å²) < 4.78 is 7.38. The highest BCUT2D eigenvalue weighted by atomic mass is 127. The predicted octanol–water partition coefficient (Wildman–Crippen LogP) is 2.07. The Bertz CT molecular complexity index is 770. The fraction of sp³-hybridized carbons (Fsp3) is 0.632. The second-order valence-electron chi connectivity index (χ2n) is 7.00. The first kappa shape index (κ1) is 24.0. The number of ether oxygens (including phenoxy) is 1. The number of thiophene rings is 1. The lowest BCUT2D eigenvalue weighted by molar-refractivity contribution is 0.0376. The minimum atomic E-state index is 0. The summed E-state index contributed by atoms with van der Waals surface area (Å²) in [5.41, 5.74) is 1.31. The minimum absolute atomic E-state index is 0. The average molecular weight is 533 g/mol. The lowest BCUT2D eigenvalue weighted by atomic mass is 10.3. The number of hydrogen-bond donors (Lipinski definition) is 2. The van der Waals surface area contributed by atoms with Crippen LogP contribution in [0.5, 0.6) is 0 Å². The Morgan fingerprint density at radius 2 is 2.03 bits per heavy atom. The van der Waals surface area contributed by atoms with E-state index in [1.807, 2.05) is 18.5 Å². The third-order valence-electron chi connectivity index (χ3n) is 4.99. The van der Waals surface area contributed by atoms with E-state index in [-0.39, 0.29) is 24.0 Å². The molecule has 1 fully saturated rings. The van der Waals surface area contributed by atoms with Gasteiger partial charge in [-0.3, -0.25) is 4.90 Å². The summed E-state index contributed by atoms with van der Waals surface area (Å²) in [5.74, 6) is 2.57. The van der Waals surface area contributed by atoms with Gasteiger partial charge in [0.1, 0.15) is 12.4 Å². The molecule has 0 aliphatic carbocycles. The van der Waals surface area contributed by atoms with Gasteiger partial charge in [0.2, 0.25) is 0 Å². The monoisotopic (exact) mass is 533 g/mol. The number of guanidine groups is 1. The smallest absolute Gasteiger partial charge is 0.192 e. The van der Waals surface area contributed by atoms with Crippen molar-refractivity contribution in [2.75, 3.05) is 39.4 Å². The topological polar surface area (TPSA) is 79.6 Å². The Hall–Kier alpha value is -1.24. The number of nitrogens with zero attached hydrogens (tertiary/aromatic N) is 5. The van der Waals surface area contributed by atoms with Gasteiger partial charge in [-0.2, -0.15) is 0 Å². The van der Waals surface area contributed by atoms with Gasteiger partial charge in [0.15, 0.2) is 11.8 Å². The molecule has 1 aliphatic rings. The van der Waals surface area contributed by atoms with E-state index in [4.69, 9.17) is 9.73 Å². The zero-order valence-electron chi connectivity index (χ0n) is 17.5. The molecule has 8 nitrogen and oxygen atoms in total. The van der Waals surface area contributed by atoms with Crippen LogP contribution in [0, 0.1) is 13.8 Å². The highest BCUT2D eigenvalue weighted by Crippen LogP contribution is 2.14. The SMILES string of the molecule is Cc1ccsc1CNC(=NCc1nnc(C)n1C)NCCCN1CCOCC1.I. The van der Waals surface area contributed by atoms with E-state index < -0.39 is 0 Å². The van der Waals surface area contributed by atoms with Gasteiger partial charge in [0.25, 0.3) is 0 Å². The molecule has 0 atom stereocenters. The summed E-state index contributed by atoms with van der Waals surface area (Å²) >= 11 is 1.77. The second kappa shape index (κ2) is 12.5. The molecule has 0 spiro atoms. The van der Waals surface area contributed by atoms with Crippen molar-refractivity contribution >= 4 is 41.3 Å². The van der Waals surface area contributed by atoms with Crippen molar-refractivity contribution in [1.29, 1.82) is 0 Å². The third kappa shape index (κ3) is 7.50. The molecule has 3 rings (SSSR count). The lowest BCUT2D eigenvalue weighted by Gasteiger charge is -2.26. The lowest BCUT2D eigenvalue weighted by Crippen LogP contribution is -2.40. The number of nitrogens with one attached hydrogen (secondary N) is 2. The van der Waals surface area contributed by atoms with Gasteiger partial charge in [0, 0.05) is 31.6 Å². The van der Waals surface area contributed by atoms with Crippen molar-refractivity contribution in [3.63, 3.8) is 0 Å². The molecule has 0 aromatic carbocycles. The molecular formula is C19H32IN7OS. The highest BCUT2D eigenvalue weighted by Gasteiger charge is 2.10. The van der Waals surface area contributed by atoms with E-state index in [0.29, 0.717) is 6.54 Å². The number of aromatic nitrogens is 3. The number of rotatable bonds is 8. The van der Waals surface area contributed by atoms with Crippen LogP contribution in [0.15, 0.2) is 16.4 Å². The number of hydrogen-bond acceptors (Lipinski definition) is 6. The van der Waals surface area contributed by atoms with E-state index >= 15 is 0 Å². The van der Waals surface area contributed by atoms with Crippen molar-refractivity contribution < 1.29 is 4.74 Å². The standard InChI is InChI=1S/C19H31N7OS.HI/c1-15-5-12-28-17(15)13-21-19(22-14-18-24-23-16(2)25(18)3)20-6-4-7-26-8-10-27-11-9-26;/h5,12H,4,6-11,13-14H2,1-3H3,(H2,20,21,22);1H. The molecule has 1 aliphatic heterocycles. The Morgan fingerprint density at radius 3 is 2.69 bits per heavy atom. The molecular weight excluding hydrogens is 501 g/mol. The number of morpholine rings is 1. The van der Waals surface area contributed by atoms with Crippen molar-refractivity contribution in [3.05, 3.63) is 33.5 Å². The van der Waals surface area contributed by atoms with E-state index in [0.717, 1.165) is 70.0 Å². The molecule has 0 bridgehead atoms. The van der Waals surface area contributed by atoms with Crippen molar-refractivity contribution in [2.45, 2.75) is 33.4 Å². The van der Waals surface area contributed by atoms with Crippen LogP contribution in [-0.2, 0) is 24.9 Å². The van der Waals surface area contributed by atoms with Crippen LogP contribution >= 0.6 is 35.3 Å². The number of aryl methyl sites for hydroxylation is 2. The molecule has 0 amide bonds. The Kier molecular flexibility index (Phi) is 10.3. The van der Waals surface area contributed by atoms with E-state index in [9.17, 15) is 0 Å². The maximum atomic E-state index is 5.41. The van der Waals surface area contributed by atoms with Crippen LogP contribution in [0.4, 0.5) is 0 Å². The van der Waals surface area contributed by atoms with E-state index in [1.165, 1.54) is 10.4 Å². The van der Waals surface area contributed by atoms with Gasteiger partial charge in [-0.1, -0.05) is 0 Å². The van der Waals surface area contributed by atoms with Gasteiger partial charge in [-0.25, -0.2) is 4.99 Å². The van der Waals surface area contributed by atoms with Gasteiger partial charge >= 0.3 is 0 Å². The van der Waals surface area contributed by atoms with E-state index in [1.54, 1.807) is 11.3 Å². The second-order valence-corrected chi connectivity index (χ2v) is 8.00. The number of halogens is 1. The van der Waals surface area contributed by atoms with Crippen LogP contribution in [0.2, 0.25) is 0 Å². The van der Waals surface area contributed by atoms with Crippen LogP contribution in [0.25, 0.3) is 0 Å². The molecule has 0 radical (unpaired) electrons. The minimum Gasteiger partial charge on any atom is -0.379 e. The Labute approximate surface area is 194 Å². The van der Waals surface area contributed by atoms with E-state index in [2.05, 4.69) is 44.1 Å². The first-order chi connectivity index (χ1) is 13.6. The van der Waals surface area contributed by atoms with Crippen LogP contribution < -0.4 is 10.6 Å². The normalized spacial score (nSPS) is 15.2. The fourth-order valence-electron chi connectivity index (χ4n) is 3.00. The van der Waals surface area contributed by atoms with Crippen LogP contribution in [0.3, 0.4) is 0 Å². The zero-order chi connectivity index (χ0) is 19.8. The van der Waals surface area contributed by atoms with Gasteiger partial charge in [-0.15, -0.1) is 45.5 Å². The zero-order valence-corrected chi connectivity index (χ0v) is 20.6.